The lowest BCUT2D eigenvalue weighted by Crippen LogP contribution is -2.53. The third-order valence-corrected chi connectivity index (χ3v) is 4.10. The first-order valence-corrected chi connectivity index (χ1v) is 4.64. The fourth-order valence-corrected chi connectivity index (χ4v) is 3.74. The van der Waals surface area contributed by atoms with Crippen LogP contribution in [-0.4, -0.2) is 5.54 Å². The van der Waals surface area contributed by atoms with E-state index in [2.05, 4.69) is 26.0 Å². The van der Waals surface area contributed by atoms with E-state index in [0.717, 1.165) is 29.6 Å². The molecule has 1 heteroatoms. The summed E-state index contributed by atoms with van der Waals surface area (Å²) in [5.41, 5.74) is 6.53. The summed E-state index contributed by atoms with van der Waals surface area (Å²) in [6.45, 7) is 4.61. The van der Waals surface area contributed by atoms with Gasteiger partial charge in [-0.25, -0.2) is 0 Å². The molecule has 0 aliphatic heterocycles. The summed E-state index contributed by atoms with van der Waals surface area (Å²) in [5, 5.41) is 0. The monoisotopic (exact) mass is 149 g/mol. The van der Waals surface area contributed by atoms with Crippen molar-refractivity contribution in [2.45, 2.75) is 19.4 Å². The van der Waals surface area contributed by atoms with Gasteiger partial charge in [0, 0.05) is 11.5 Å². The van der Waals surface area contributed by atoms with E-state index in [1.165, 1.54) is 0 Å². The maximum atomic E-state index is 6.27. The lowest BCUT2D eigenvalue weighted by Gasteiger charge is -2.44. The standard InChI is InChI=1S/C10H15N/c1-5(2)8-6-3-4-7-9(6)10(7,8)11/h3-9H,11H2,1-2H3/t6-,7-,8-,9?,10+/m1/s1. The quantitative estimate of drug-likeness (QED) is 0.560. The van der Waals surface area contributed by atoms with Gasteiger partial charge in [-0.2, -0.15) is 0 Å². The number of allylic oxidation sites excluding steroid dienone is 1. The van der Waals surface area contributed by atoms with Crippen LogP contribution in [0.3, 0.4) is 0 Å². The summed E-state index contributed by atoms with van der Waals surface area (Å²) in [4.78, 5) is 0. The maximum absolute atomic E-state index is 6.27. The van der Waals surface area contributed by atoms with Gasteiger partial charge < -0.3 is 5.73 Å². The molecule has 1 nitrogen and oxygen atoms in total. The molecule has 2 N–H and O–H groups in total. The van der Waals surface area contributed by atoms with Crippen LogP contribution in [0.2, 0.25) is 0 Å². The Bertz CT molecular complexity index is 243. The molecule has 0 bridgehead atoms. The Hall–Kier alpha value is -0.300. The van der Waals surface area contributed by atoms with Crippen LogP contribution in [0, 0.1) is 29.6 Å². The SMILES string of the molecule is CC(C)[C@@H]1[C@H]2C=C[C@@H]3C2[C@]31N. The van der Waals surface area contributed by atoms with Gasteiger partial charge in [-0.05, 0) is 23.7 Å². The first-order valence-electron chi connectivity index (χ1n) is 4.64. The average Bonchev–Trinajstić information content (AvgIpc) is 2.32. The fraction of sp³-hybridized carbons (Fsp3) is 0.800. The molecule has 0 radical (unpaired) electrons. The largest absolute Gasteiger partial charge is 0.324 e. The second-order valence-electron chi connectivity index (χ2n) is 4.78. The molecule has 5 atom stereocenters. The number of fused-ring (bicyclic) bond motifs is 1. The summed E-state index contributed by atoms with van der Waals surface area (Å²) in [6, 6.07) is 0. The van der Waals surface area contributed by atoms with Gasteiger partial charge in [-0.3, -0.25) is 0 Å². The van der Waals surface area contributed by atoms with Crippen LogP contribution in [0.1, 0.15) is 13.8 Å². The summed E-state index contributed by atoms with van der Waals surface area (Å²) >= 11 is 0. The molecule has 0 saturated heterocycles. The van der Waals surface area contributed by atoms with Gasteiger partial charge in [0.25, 0.3) is 0 Å². The highest BCUT2D eigenvalue weighted by atomic mass is 15.0. The van der Waals surface area contributed by atoms with Gasteiger partial charge in [0.1, 0.15) is 0 Å². The Balaban J connectivity index is 1.96. The molecule has 0 aromatic carbocycles. The van der Waals surface area contributed by atoms with E-state index in [1.54, 1.807) is 0 Å². The molecule has 11 heavy (non-hydrogen) atoms. The van der Waals surface area contributed by atoms with E-state index >= 15 is 0 Å². The predicted molar refractivity (Wildman–Crippen MR) is 44.9 cm³/mol. The molecule has 0 aromatic heterocycles. The highest BCUT2D eigenvalue weighted by Gasteiger charge is 2.79. The maximum Gasteiger partial charge on any atom is 0.0298 e. The van der Waals surface area contributed by atoms with Crippen molar-refractivity contribution < 1.29 is 0 Å². The van der Waals surface area contributed by atoms with Crippen molar-refractivity contribution in [1.29, 1.82) is 0 Å². The topological polar surface area (TPSA) is 26.0 Å². The van der Waals surface area contributed by atoms with E-state index in [9.17, 15) is 0 Å². The zero-order valence-corrected chi connectivity index (χ0v) is 7.12. The molecule has 0 heterocycles. The highest BCUT2D eigenvalue weighted by molar-refractivity contribution is 5.43. The fourth-order valence-electron chi connectivity index (χ4n) is 3.74. The van der Waals surface area contributed by atoms with Gasteiger partial charge in [0.05, 0.1) is 0 Å². The molecular weight excluding hydrogens is 134 g/mol. The summed E-state index contributed by atoms with van der Waals surface area (Å²) in [7, 11) is 0. The van der Waals surface area contributed by atoms with E-state index in [0.29, 0.717) is 0 Å². The molecule has 3 aliphatic carbocycles. The number of hydrogen-bond acceptors (Lipinski definition) is 1. The Morgan fingerprint density at radius 2 is 2.09 bits per heavy atom. The zero-order valence-electron chi connectivity index (χ0n) is 7.12. The average molecular weight is 149 g/mol. The Morgan fingerprint density at radius 3 is 2.45 bits per heavy atom. The summed E-state index contributed by atoms with van der Waals surface area (Å²) < 4.78 is 0. The predicted octanol–water partition coefficient (Wildman–Crippen LogP) is 1.40. The van der Waals surface area contributed by atoms with E-state index < -0.39 is 0 Å². The minimum absolute atomic E-state index is 0.258. The number of hydrogen-bond donors (Lipinski definition) is 1. The molecule has 0 spiro atoms. The van der Waals surface area contributed by atoms with Crippen LogP contribution < -0.4 is 5.73 Å². The van der Waals surface area contributed by atoms with Crippen LogP contribution in [0.5, 0.6) is 0 Å². The molecule has 1 unspecified atom stereocenters. The second kappa shape index (κ2) is 1.42. The van der Waals surface area contributed by atoms with Gasteiger partial charge in [-0.15, -0.1) is 0 Å². The first-order chi connectivity index (χ1) is 5.17. The second-order valence-corrected chi connectivity index (χ2v) is 4.78. The summed E-state index contributed by atoms with van der Waals surface area (Å²) in [5.74, 6) is 4.04. The van der Waals surface area contributed by atoms with E-state index in [-0.39, 0.29) is 5.54 Å². The van der Waals surface area contributed by atoms with Crippen molar-refractivity contribution in [2.75, 3.05) is 0 Å². The van der Waals surface area contributed by atoms with Crippen LogP contribution >= 0.6 is 0 Å². The van der Waals surface area contributed by atoms with E-state index in [1.807, 2.05) is 0 Å². The van der Waals surface area contributed by atoms with Crippen LogP contribution in [0.4, 0.5) is 0 Å². The number of rotatable bonds is 1. The first kappa shape index (κ1) is 6.24. The van der Waals surface area contributed by atoms with Gasteiger partial charge in [-0.1, -0.05) is 26.0 Å². The van der Waals surface area contributed by atoms with Gasteiger partial charge in [0.2, 0.25) is 0 Å². The molecule has 0 aromatic rings. The highest BCUT2D eigenvalue weighted by Crippen LogP contribution is 2.75. The Kier molecular flexibility index (Phi) is 0.809. The van der Waals surface area contributed by atoms with Gasteiger partial charge in [0.15, 0.2) is 0 Å². The molecule has 2 saturated carbocycles. The smallest absolute Gasteiger partial charge is 0.0298 e. The minimum Gasteiger partial charge on any atom is -0.324 e. The van der Waals surface area contributed by atoms with Crippen molar-refractivity contribution >= 4 is 0 Å². The van der Waals surface area contributed by atoms with E-state index in [4.69, 9.17) is 5.73 Å². The van der Waals surface area contributed by atoms with Crippen molar-refractivity contribution in [3.63, 3.8) is 0 Å². The molecular formula is C10H15N. The van der Waals surface area contributed by atoms with Crippen molar-refractivity contribution in [2.24, 2.45) is 35.3 Å². The molecule has 60 valence electrons. The molecule has 3 aliphatic rings. The van der Waals surface area contributed by atoms with Crippen molar-refractivity contribution in [3.8, 4) is 0 Å². The van der Waals surface area contributed by atoms with Crippen molar-refractivity contribution in [3.05, 3.63) is 12.2 Å². The van der Waals surface area contributed by atoms with Crippen molar-refractivity contribution in [1.82, 2.24) is 0 Å². The Labute approximate surface area is 67.7 Å². The third kappa shape index (κ3) is 0.427. The lowest BCUT2D eigenvalue weighted by molar-refractivity contribution is 0.112. The van der Waals surface area contributed by atoms with Crippen LogP contribution in [0.25, 0.3) is 0 Å². The third-order valence-electron chi connectivity index (χ3n) is 4.10. The molecule has 0 amide bonds. The number of nitrogens with two attached hydrogens (primary N) is 1. The normalized spacial score (nSPS) is 62.9. The zero-order chi connectivity index (χ0) is 7.80. The molecule has 2 fully saturated rings. The van der Waals surface area contributed by atoms with Crippen LogP contribution in [-0.2, 0) is 0 Å². The minimum atomic E-state index is 0.258. The van der Waals surface area contributed by atoms with Crippen LogP contribution in [0.15, 0.2) is 12.2 Å². The lowest BCUT2D eigenvalue weighted by atomic mass is 9.64. The molecule has 3 rings (SSSR count). The van der Waals surface area contributed by atoms with Gasteiger partial charge >= 0.3 is 0 Å². The summed E-state index contributed by atoms with van der Waals surface area (Å²) in [6.07, 6.45) is 4.74. The Morgan fingerprint density at radius 1 is 1.36 bits per heavy atom.